The first-order chi connectivity index (χ1) is 15.0. The van der Waals surface area contributed by atoms with Gasteiger partial charge in [0, 0.05) is 15.1 Å². The topological polar surface area (TPSA) is 59.0 Å². The highest BCUT2D eigenvalue weighted by Gasteiger charge is 2.33. The van der Waals surface area contributed by atoms with Crippen LogP contribution in [-0.4, -0.2) is 24.8 Å². The summed E-state index contributed by atoms with van der Waals surface area (Å²) in [5.74, 6) is -0.165. The largest absolute Gasteiger partial charge is 0.465 e. The second kappa shape index (κ2) is 8.88. The van der Waals surface area contributed by atoms with Gasteiger partial charge >= 0.3 is 5.97 Å². The Labute approximate surface area is 192 Å². The lowest BCUT2D eigenvalue weighted by Gasteiger charge is -2.19. The van der Waals surface area contributed by atoms with E-state index in [1.165, 1.54) is 7.11 Å². The molecule has 0 saturated carbocycles. The number of hydrogen-bond acceptors (Lipinski definition) is 4. The highest BCUT2D eigenvalue weighted by atomic mass is 79.9. The zero-order valence-corrected chi connectivity index (χ0v) is 18.7. The summed E-state index contributed by atoms with van der Waals surface area (Å²) in [6.07, 6.45) is 1.69. The van der Waals surface area contributed by atoms with Crippen LogP contribution in [0.4, 0.5) is 5.69 Å². The number of carbonyl (C=O) groups is 2. The van der Waals surface area contributed by atoms with E-state index >= 15 is 0 Å². The first kappa shape index (κ1) is 21.0. The summed E-state index contributed by atoms with van der Waals surface area (Å²) >= 11 is 9.58. The summed E-state index contributed by atoms with van der Waals surface area (Å²) in [5, 5.41) is 0.580. The molecule has 1 heterocycles. The molecule has 0 aromatic heterocycles. The smallest absolute Gasteiger partial charge is 0.337 e. The molecule has 3 aromatic carbocycles. The van der Waals surface area contributed by atoms with E-state index in [0.717, 1.165) is 15.6 Å². The van der Waals surface area contributed by atoms with Crippen molar-refractivity contribution >= 4 is 57.0 Å². The lowest BCUT2D eigenvalue weighted by Crippen LogP contribution is -2.32. The molecule has 1 amide bonds. The first-order valence-electron chi connectivity index (χ1n) is 9.31. The number of methoxy groups -OCH3 is 1. The number of anilines is 1. The molecule has 7 heteroatoms. The van der Waals surface area contributed by atoms with Gasteiger partial charge in [-0.1, -0.05) is 57.9 Å². The number of rotatable bonds is 4. The Hall–Kier alpha value is -3.22. The third-order valence-electron chi connectivity index (χ3n) is 4.70. The minimum atomic E-state index is -0.417. The van der Waals surface area contributed by atoms with Crippen molar-refractivity contribution in [3.8, 4) is 0 Å². The van der Waals surface area contributed by atoms with E-state index in [2.05, 4.69) is 20.9 Å². The van der Waals surface area contributed by atoms with E-state index in [-0.39, 0.29) is 11.6 Å². The summed E-state index contributed by atoms with van der Waals surface area (Å²) in [7, 11) is 1.33. The fraction of sp³-hybridized carbons (Fsp3) is 0.0417. The van der Waals surface area contributed by atoms with Crippen molar-refractivity contribution in [3.05, 3.63) is 105 Å². The van der Waals surface area contributed by atoms with Crippen LogP contribution in [0.2, 0.25) is 5.02 Å². The molecule has 3 aromatic rings. The predicted octanol–water partition coefficient (Wildman–Crippen LogP) is 5.72. The monoisotopic (exact) mass is 494 g/mol. The molecule has 0 radical (unpaired) electrons. The molecule has 0 spiro atoms. The molecular weight excluding hydrogens is 480 g/mol. The van der Waals surface area contributed by atoms with Crippen molar-refractivity contribution in [2.24, 2.45) is 4.99 Å². The number of nitrogens with zero attached hydrogens (tertiary/aromatic N) is 2. The molecule has 0 bridgehead atoms. The van der Waals surface area contributed by atoms with Gasteiger partial charge in [0.15, 0.2) is 0 Å². The fourth-order valence-electron chi connectivity index (χ4n) is 3.16. The number of halogens is 2. The van der Waals surface area contributed by atoms with E-state index in [1.807, 2.05) is 24.3 Å². The Bertz CT molecular complexity index is 1220. The lowest BCUT2D eigenvalue weighted by molar-refractivity contribution is -0.113. The van der Waals surface area contributed by atoms with Gasteiger partial charge in [0.2, 0.25) is 0 Å². The summed E-state index contributed by atoms with van der Waals surface area (Å²) in [6, 6.07) is 21.4. The maximum atomic E-state index is 13.3. The maximum absolute atomic E-state index is 13.3. The lowest BCUT2D eigenvalue weighted by atomic mass is 10.1. The molecule has 31 heavy (non-hydrogen) atoms. The number of benzene rings is 3. The average molecular weight is 496 g/mol. The Morgan fingerprint density at radius 3 is 2.35 bits per heavy atom. The normalized spacial score (nSPS) is 14.7. The third kappa shape index (κ3) is 4.31. The molecule has 0 saturated heterocycles. The molecule has 1 aliphatic rings. The molecule has 5 nitrogen and oxygen atoms in total. The fourth-order valence-corrected chi connectivity index (χ4v) is 3.75. The quantitative estimate of drug-likeness (QED) is 0.343. The first-order valence-corrected chi connectivity index (χ1v) is 10.5. The standard InChI is InChI=1S/C24H16BrClN2O3/c1-31-24(30)16-8-6-15(7-9-16)14-21-23(29)28(18-12-10-17(26)11-13-18)22(27-21)19-4-2-3-5-20(19)25/h2-14H,1H3/b21-14+. The molecule has 1 aliphatic heterocycles. The molecule has 0 atom stereocenters. The van der Waals surface area contributed by atoms with Gasteiger partial charge in [0.05, 0.1) is 18.4 Å². The minimum absolute atomic E-state index is 0.259. The van der Waals surface area contributed by atoms with Crippen molar-refractivity contribution in [2.45, 2.75) is 0 Å². The van der Waals surface area contributed by atoms with Crippen molar-refractivity contribution in [1.82, 2.24) is 0 Å². The van der Waals surface area contributed by atoms with Crippen molar-refractivity contribution < 1.29 is 14.3 Å². The van der Waals surface area contributed by atoms with Crippen LogP contribution >= 0.6 is 27.5 Å². The zero-order chi connectivity index (χ0) is 22.0. The average Bonchev–Trinajstić information content (AvgIpc) is 3.10. The maximum Gasteiger partial charge on any atom is 0.337 e. The van der Waals surface area contributed by atoms with E-state index in [0.29, 0.717) is 22.1 Å². The summed E-state index contributed by atoms with van der Waals surface area (Å²) in [4.78, 5) is 31.2. The van der Waals surface area contributed by atoms with Crippen LogP contribution in [0, 0.1) is 0 Å². The third-order valence-corrected chi connectivity index (χ3v) is 5.64. The highest BCUT2D eigenvalue weighted by Crippen LogP contribution is 2.31. The second-order valence-electron chi connectivity index (χ2n) is 6.68. The van der Waals surface area contributed by atoms with Gasteiger partial charge in [-0.3, -0.25) is 9.69 Å². The summed E-state index contributed by atoms with van der Waals surface area (Å²) < 4.78 is 5.54. The molecule has 154 valence electrons. The molecule has 4 rings (SSSR count). The van der Waals surface area contributed by atoms with Gasteiger partial charge in [-0.15, -0.1) is 0 Å². The van der Waals surface area contributed by atoms with Crippen LogP contribution in [0.15, 0.2) is 88.0 Å². The second-order valence-corrected chi connectivity index (χ2v) is 7.97. The molecule has 0 fully saturated rings. The van der Waals surface area contributed by atoms with Crippen molar-refractivity contribution in [2.75, 3.05) is 12.0 Å². The highest BCUT2D eigenvalue weighted by molar-refractivity contribution is 9.10. The van der Waals surface area contributed by atoms with E-state index in [4.69, 9.17) is 16.3 Å². The number of amidine groups is 1. The molecule has 0 aliphatic carbocycles. The Kier molecular flexibility index (Phi) is 6.02. The SMILES string of the molecule is COC(=O)c1ccc(/C=C2/N=C(c3ccccc3Br)N(c3ccc(Cl)cc3)C2=O)cc1. The van der Waals surface area contributed by atoms with Gasteiger partial charge in [-0.2, -0.15) is 0 Å². The van der Waals surface area contributed by atoms with E-state index < -0.39 is 5.97 Å². The Balaban J connectivity index is 1.78. The Morgan fingerprint density at radius 2 is 1.71 bits per heavy atom. The number of esters is 1. The van der Waals surface area contributed by atoms with Gasteiger partial charge < -0.3 is 4.74 Å². The summed E-state index contributed by atoms with van der Waals surface area (Å²) in [6.45, 7) is 0. The predicted molar refractivity (Wildman–Crippen MR) is 125 cm³/mol. The number of carbonyl (C=O) groups excluding carboxylic acids is 2. The van der Waals surface area contributed by atoms with Crippen LogP contribution in [0.3, 0.4) is 0 Å². The van der Waals surface area contributed by atoms with Gasteiger partial charge in [0.25, 0.3) is 5.91 Å². The molecule has 0 N–H and O–H groups in total. The summed E-state index contributed by atoms with van der Waals surface area (Å²) in [5.41, 5.74) is 2.90. The van der Waals surface area contributed by atoms with Crippen LogP contribution < -0.4 is 4.90 Å². The molecule has 0 unspecified atom stereocenters. The van der Waals surface area contributed by atoms with Crippen LogP contribution in [0.25, 0.3) is 6.08 Å². The van der Waals surface area contributed by atoms with Crippen molar-refractivity contribution in [1.29, 1.82) is 0 Å². The minimum Gasteiger partial charge on any atom is -0.465 e. The van der Waals surface area contributed by atoms with Crippen LogP contribution in [0.5, 0.6) is 0 Å². The molecular formula is C24H16BrClN2O3. The van der Waals surface area contributed by atoms with Gasteiger partial charge in [-0.05, 0) is 54.1 Å². The van der Waals surface area contributed by atoms with E-state index in [9.17, 15) is 9.59 Å². The number of ether oxygens (including phenoxy) is 1. The van der Waals surface area contributed by atoms with Crippen molar-refractivity contribution in [3.63, 3.8) is 0 Å². The van der Waals surface area contributed by atoms with Crippen LogP contribution in [-0.2, 0) is 9.53 Å². The Morgan fingerprint density at radius 1 is 1.03 bits per heavy atom. The number of hydrogen-bond donors (Lipinski definition) is 0. The number of aliphatic imine (C=N–C) groups is 1. The zero-order valence-electron chi connectivity index (χ0n) is 16.4. The van der Waals surface area contributed by atoms with Gasteiger partial charge in [-0.25, -0.2) is 9.79 Å². The van der Waals surface area contributed by atoms with Crippen LogP contribution in [0.1, 0.15) is 21.5 Å². The van der Waals surface area contributed by atoms with Gasteiger partial charge in [0.1, 0.15) is 11.5 Å². The van der Waals surface area contributed by atoms with E-state index in [1.54, 1.807) is 59.5 Å². The number of amides is 1.